The van der Waals surface area contributed by atoms with Crippen LogP contribution in [0.4, 0.5) is 0 Å². The van der Waals surface area contributed by atoms with Gasteiger partial charge in [0.05, 0.1) is 10.1 Å². The lowest BCUT2D eigenvalue weighted by molar-refractivity contribution is -0.129. The lowest BCUT2D eigenvalue weighted by Gasteiger charge is -2.22. The van der Waals surface area contributed by atoms with Crippen LogP contribution < -0.4 is 5.32 Å². The van der Waals surface area contributed by atoms with Crippen molar-refractivity contribution >= 4 is 35.4 Å². The fourth-order valence-corrected chi connectivity index (χ4v) is 6.41. The fraction of sp³-hybridized carbons (Fsp3) is 0.619. The largest absolute Gasteiger partial charge is 0.449 e. The molecule has 1 amide bonds. The molecule has 0 radical (unpaired) electrons. The highest BCUT2D eigenvalue weighted by atomic mass is 32.2. The Hall–Kier alpha value is -1.14. The third-order valence-electron chi connectivity index (χ3n) is 5.19. The Morgan fingerprint density at radius 1 is 1.07 bits per heavy atom. The summed E-state index contributed by atoms with van der Waals surface area (Å²) in [4.78, 5) is 24.6. The number of esters is 1. The van der Waals surface area contributed by atoms with Crippen LogP contribution in [0.2, 0.25) is 0 Å². The molecule has 1 atom stereocenters. The number of ether oxygens (including phenoxy) is 1. The Bertz CT molecular complexity index is 623. The monoisotopic (exact) mass is 407 g/mol. The summed E-state index contributed by atoms with van der Waals surface area (Å²) in [6.45, 7) is 2.32. The second kappa shape index (κ2) is 10.4. The van der Waals surface area contributed by atoms with Gasteiger partial charge in [-0.25, -0.2) is 4.79 Å². The molecule has 2 aliphatic rings. The smallest absolute Gasteiger partial charge is 0.338 e. The van der Waals surface area contributed by atoms with Crippen molar-refractivity contribution in [2.45, 2.75) is 56.1 Å². The molecule has 3 rings (SSSR count). The first-order chi connectivity index (χ1) is 13.1. The van der Waals surface area contributed by atoms with Crippen LogP contribution in [0.15, 0.2) is 24.3 Å². The molecule has 6 heteroatoms. The SMILES string of the molecule is C[C@H](OC(=O)c1ccc(C2SCCCS2)cc1)C(=O)NCC1CCCCC1. The molecule has 1 aliphatic heterocycles. The van der Waals surface area contributed by atoms with E-state index in [1.165, 1.54) is 55.6 Å². The Morgan fingerprint density at radius 3 is 2.41 bits per heavy atom. The maximum Gasteiger partial charge on any atom is 0.338 e. The van der Waals surface area contributed by atoms with E-state index in [1.54, 1.807) is 19.1 Å². The molecule has 1 saturated heterocycles. The van der Waals surface area contributed by atoms with Crippen molar-refractivity contribution in [1.82, 2.24) is 5.32 Å². The van der Waals surface area contributed by atoms with E-state index in [4.69, 9.17) is 4.74 Å². The van der Waals surface area contributed by atoms with Crippen LogP contribution in [0.3, 0.4) is 0 Å². The van der Waals surface area contributed by atoms with E-state index in [0.717, 1.165) is 0 Å². The number of nitrogens with one attached hydrogen (secondary N) is 1. The van der Waals surface area contributed by atoms with E-state index in [1.807, 2.05) is 35.7 Å². The predicted molar refractivity (Wildman–Crippen MR) is 113 cm³/mol. The summed E-state index contributed by atoms with van der Waals surface area (Å²) in [5, 5.41) is 2.94. The van der Waals surface area contributed by atoms with Gasteiger partial charge in [0.15, 0.2) is 6.10 Å². The van der Waals surface area contributed by atoms with E-state index in [-0.39, 0.29) is 5.91 Å². The molecule has 148 valence electrons. The third kappa shape index (κ3) is 6.18. The van der Waals surface area contributed by atoms with E-state index in [0.29, 0.717) is 22.6 Å². The molecule has 1 aromatic rings. The zero-order chi connectivity index (χ0) is 19.1. The summed E-state index contributed by atoms with van der Waals surface area (Å²) in [7, 11) is 0. The molecule has 4 nitrogen and oxygen atoms in total. The van der Waals surface area contributed by atoms with Gasteiger partial charge >= 0.3 is 5.97 Å². The van der Waals surface area contributed by atoms with Crippen LogP contribution in [-0.4, -0.2) is 36.0 Å². The minimum Gasteiger partial charge on any atom is -0.449 e. The summed E-state index contributed by atoms with van der Waals surface area (Å²) < 4.78 is 5.81. The zero-order valence-corrected chi connectivity index (χ0v) is 17.6. The molecule has 0 aromatic heterocycles. The Morgan fingerprint density at radius 2 is 1.74 bits per heavy atom. The molecule has 27 heavy (non-hydrogen) atoms. The van der Waals surface area contributed by atoms with Crippen LogP contribution in [0, 0.1) is 5.92 Å². The fourth-order valence-electron chi connectivity index (χ4n) is 3.52. The highest BCUT2D eigenvalue weighted by Crippen LogP contribution is 2.43. The standard InChI is InChI=1S/C21H29NO3S2/c1-15(19(23)22-14-16-6-3-2-4-7-16)25-20(24)17-8-10-18(11-9-17)21-26-12-5-13-27-21/h8-11,15-16,21H,2-7,12-14H2,1H3,(H,22,23)/t15-/m0/s1. The number of benzene rings is 1. The minimum absolute atomic E-state index is 0.208. The minimum atomic E-state index is -0.773. The quantitative estimate of drug-likeness (QED) is 0.687. The predicted octanol–water partition coefficient (Wildman–Crippen LogP) is 4.80. The van der Waals surface area contributed by atoms with Crippen molar-refractivity contribution in [2.75, 3.05) is 18.1 Å². The first-order valence-corrected chi connectivity index (χ1v) is 12.0. The van der Waals surface area contributed by atoms with E-state index in [2.05, 4.69) is 5.32 Å². The normalized spacial score (nSPS) is 20.0. The number of carbonyl (C=O) groups is 2. The molecule has 0 unspecified atom stereocenters. The van der Waals surface area contributed by atoms with Crippen molar-refractivity contribution in [2.24, 2.45) is 5.92 Å². The summed E-state index contributed by atoms with van der Waals surface area (Å²) in [5.74, 6) is 2.30. The van der Waals surface area contributed by atoms with Crippen molar-refractivity contribution in [1.29, 1.82) is 0 Å². The average Bonchev–Trinajstić information content (AvgIpc) is 2.73. The Balaban J connectivity index is 1.46. The van der Waals surface area contributed by atoms with Crippen molar-refractivity contribution < 1.29 is 14.3 Å². The maximum atomic E-state index is 12.3. The van der Waals surface area contributed by atoms with Crippen LogP contribution in [0.1, 0.15) is 66.0 Å². The van der Waals surface area contributed by atoms with Gasteiger partial charge in [-0.05, 0) is 61.3 Å². The number of thioether (sulfide) groups is 2. The second-order valence-electron chi connectivity index (χ2n) is 7.35. The first-order valence-electron chi connectivity index (χ1n) is 9.95. The van der Waals surface area contributed by atoms with E-state index < -0.39 is 12.1 Å². The highest BCUT2D eigenvalue weighted by Gasteiger charge is 2.22. The van der Waals surface area contributed by atoms with E-state index in [9.17, 15) is 9.59 Å². The summed E-state index contributed by atoms with van der Waals surface area (Å²) in [6.07, 6.45) is 6.64. The van der Waals surface area contributed by atoms with Gasteiger partial charge in [0, 0.05) is 6.54 Å². The second-order valence-corrected chi connectivity index (χ2v) is 10.1. The average molecular weight is 408 g/mol. The molecule has 0 bridgehead atoms. The van der Waals surface area contributed by atoms with Gasteiger partial charge in [-0.1, -0.05) is 31.4 Å². The first kappa shape index (κ1) is 20.6. The molecule has 1 N–H and O–H groups in total. The molecule has 1 heterocycles. The van der Waals surface area contributed by atoms with Crippen molar-refractivity contribution in [3.05, 3.63) is 35.4 Å². The number of carbonyl (C=O) groups excluding carboxylic acids is 2. The molecule has 0 spiro atoms. The molecule has 1 aromatic carbocycles. The molecular weight excluding hydrogens is 378 g/mol. The van der Waals surface area contributed by atoms with Gasteiger partial charge in [0.25, 0.3) is 5.91 Å². The lowest BCUT2D eigenvalue weighted by Crippen LogP contribution is -2.38. The Kier molecular flexibility index (Phi) is 7.94. The van der Waals surface area contributed by atoms with Crippen LogP contribution in [0.5, 0.6) is 0 Å². The third-order valence-corrected chi connectivity index (χ3v) is 8.20. The highest BCUT2D eigenvalue weighted by molar-refractivity contribution is 8.16. The maximum absolute atomic E-state index is 12.3. The van der Waals surface area contributed by atoms with Gasteiger partial charge in [0.2, 0.25) is 0 Å². The van der Waals surface area contributed by atoms with Crippen LogP contribution in [0.25, 0.3) is 0 Å². The van der Waals surface area contributed by atoms with Gasteiger partial charge in [-0.3, -0.25) is 4.79 Å². The number of hydrogen-bond acceptors (Lipinski definition) is 5. The van der Waals surface area contributed by atoms with E-state index >= 15 is 0 Å². The van der Waals surface area contributed by atoms with Gasteiger partial charge < -0.3 is 10.1 Å². The van der Waals surface area contributed by atoms with Gasteiger partial charge in [-0.2, -0.15) is 0 Å². The summed E-state index contributed by atoms with van der Waals surface area (Å²) >= 11 is 3.91. The lowest BCUT2D eigenvalue weighted by atomic mass is 9.89. The molecule has 2 fully saturated rings. The Labute approximate surface area is 170 Å². The molecule has 1 aliphatic carbocycles. The van der Waals surface area contributed by atoms with Crippen LogP contribution in [-0.2, 0) is 9.53 Å². The van der Waals surface area contributed by atoms with Gasteiger partial charge in [-0.15, -0.1) is 23.5 Å². The topological polar surface area (TPSA) is 55.4 Å². The van der Waals surface area contributed by atoms with Crippen molar-refractivity contribution in [3.63, 3.8) is 0 Å². The van der Waals surface area contributed by atoms with Crippen LogP contribution >= 0.6 is 23.5 Å². The number of rotatable bonds is 6. The zero-order valence-electron chi connectivity index (χ0n) is 15.9. The number of hydrogen-bond donors (Lipinski definition) is 1. The molecular formula is C21H29NO3S2. The molecule has 1 saturated carbocycles. The summed E-state index contributed by atoms with van der Waals surface area (Å²) in [6, 6.07) is 7.61. The summed E-state index contributed by atoms with van der Waals surface area (Å²) in [5.41, 5.74) is 1.73. The number of amides is 1. The van der Waals surface area contributed by atoms with Crippen molar-refractivity contribution in [3.8, 4) is 0 Å². The van der Waals surface area contributed by atoms with Gasteiger partial charge in [0.1, 0.15) is 0 Å².